The molecule has 2 heterocycles. The maximum Gasteiger partial charge on any atom is 0.325 e. The lowest BCUT2D eigenvalue weighted by atomic mass is 9.84. The van der Waals surface area contributed by atoms with Crippen LogP contribution in [-0.4, -0.2) is 37.7 Å². The molecule has 0 bridgehead atoms. The molecular formula is C24H29N4O4+. The lowest BCUT2D eigenvalue weighted by Gasteiger charge is -2.33. The van der Waals surface area contributed by atoms with Gasteiger partial charge in [0.05, 0.1) is 29.0 Å². The first-order valence-corrected chi connectivity index (χ1v) is 11.2. The smallest absolute Gasteiger partial charge is 0.325 e. The van der Waals surface area contributed by atoms with Crippen LogP contribution in [0.3, 0.4) is 0 Å². The van der Waals surface area contributed by atoms with Crippen LogP contribution in [0.5, 0.6) is 5.75 Å². The van der Waals surface area contributed by atoms with Crippen LogP contribution in [0, 0.1) is 6.92 Å². The number of hydrogen-bond donors (Lipinski definition) is 3. The first kappa shape index (κ1) is 20.8. The van der Waals surface area contributed by atoms with Crippen LogP contribution in [0.15, 0.2) is 36.5 Å². The quantitative estimate of drug-likeness (QED) is 0.419. The van der Waals surface area contributed by atoms with Gasteiger partial charge in [-0.1, -0.05) is 0 Å². The number of pyridine rings is 1. The molecule has 2 saturated carbocycles. The van der Waals surface area contributed by atoms with Crippen molar-refractivity contribution in [1.29, 1.82) is 0 Å². The number of hydrogen-bond acceptors (Lipinski definition) is 5. The van der Waals surface area contributed by atoms with Crippen LogP contribution in [0.25, 0.3) is 10.9 Å². The summed E-state index contributed by atoms with van der Waals surface area (Å²) in [5.74, 6) is 0.167. The van der Waals surface area contributed by atoms with Crippen molar-refractivity contribution in [1.82, 2.24) is 9.78 Å². The second-order valence-electron chi connectivity index (χ2n) is 9.38. The predicted octanol–water partition coefficient (Wildman–Crippen LogP) is 3.53. The summed E-state index contributed by atoms with van der Waals surface area (Å²) in [7, 11) is 0. The summed E-state index contributed by atoms with van der Waals surface area (Å²) in [5.41, 5.74) is 1.49. The van der Waals surface area contributed by atoms with Crippen molar-refractivity contribution in [3.05, 3.63) is 47.9 Å². The second kappa shape index (κ2) is 7.78. The molecule has 1 amide bonds. The number of anilines is 1. The van der Waals surface area contributed by atoms with E-state index in [2.05, 4.69) is 5.32 Å². The highest BCUT2D eigenvalue weighted by Gasteiger charge is 2.31. The molecule has 5 rings (SSSR count). The van der Waals surface area contributed by atoms with Crippen molar-refractivity contribution < 1.29 is 24.6 Å². The van der Waals surface area contributed by atoms with E-state index in [4.69, 9.17) is 9.84 Å². The minimum absolute atomic E-state index is 0.146. The zero-order valence-corrected chi connectivity index (χ0v) is 18.4. The molecule has 32 heavy (non-hydrogen) atoms. The number of fused-ring (bicyclic) bond motifs is 1. The van der Waals surface area contributed by atoms with E-state index in [9.17, 15) is 15.1 Å². The van der Waals surface area contributed by atoms with Crippen molar-refractivity contribution in [2.45, 2.75) is 70.1 Å². The highest BCUT2D eigenvalue weighted by molar-refractivity contribution is 6.04. The number of rotatable bonds is 5. The summed E-state index contributed by atoms with van der Waals surface area (Å²) in [6.07, 6.45) is 7.40. The third kappa shape index (κ3) is 4.14. The van der Waals surface area contributed by atoms with Crippen LogP contribution >= 0.6 is 0 Å². The van der Waals surface area contributed by atoms with Gasteiger partial charge >= 0.3 is 11.6 Å². The van der Waals surface area contributed by atoms with E-state index in [1.807, 2.05) is 29.9 Å². The van der Waals surface area contributed by atoms with E-state index in [1.165, 1.54) is 0 Å². The molecule has 2 aliphatic carbocycles. The van der Waals surface area contributed by atoms with Crippen LogP contribution in [0.4, 0.5) is 5.69 Å². The first-order valence-electron chi connectivity index (χ1n) is 11.2. The molecule has 0 radical (unpaired) electrons. The van der Waals surface area contributed by atoms with E-state index in [-0.39, 0.29) is 17.8 Å². The molecule has 3 aromatic rings. The largest absolute Gasteiger partial charge is 0.488 e. The summed E-state index contributed by atoms with van der Waals surface area (Å²) in [6, 6.07) is 9.02. The third-order valence-electron chi connectivity index (χ3n) is 6.48. The molecule has 3 N–H and O–H groups in total. The van der Waals surface area contributed by atoms with Gasteiger partial charge in [-0.2, -0.15) is 5.10 Å². The minimum Gasteiger partial charge on any atom is -0.488 e. The van der Waals surface area contributed by atoms with Gasteiger partial charge in [-0.15, -0.1) is 0 Å². The highest BCUT2D eigenvalue weighted by atomic mass is 16.5. The topological polar surface area (TPSA) is 100 Å². The van der Waals surface area contributed by atoms with Gasteiger partial charge in [0.2, 0.25) is 5.69 Å². The summed E-state index contributed by atoms with van der Waals surface area (Å²) < 4.78 is 8.93. The van der Waals surface area contributed by atoms with Gasteiger partial charge in [-0.25, -0.2) is 0 Å². The van der Waals surface area contributed by atoms with Gasteiger partial charge in [0.15, 0.2) is 0 Å². The number of carbonyl (C=O) groups excluding carboxylic acids is 1. The molecule has 168 valence electrons. The van der Waals surface area contributed by atoms with Crippen LogP contribution in [0.2, 0.25) is 0 Å². The minimum atomic E-state index is -0.592. The second-order valence-corrected chi connectivity index (χ2v) is 9.38. The lowest BCUT2D eigenvalue weighted by molar-refractivity contribution is -0.909. The molecule has 0 unspecified atom stereocenters. The van der Waals surface area contributed by atoms with E-state index < -0.39 is 11.5 Å². The number of nitrogens with one attached hydrogen (secondary N) is 1. The van der Waals surface area contributed by atoms with E-state index >= 15 is 0 Å². The summed E-state index contributed by atoms with van der Waals surface area (Å²) in [5, 5.41) is 29.1. The summed E-state index contributed by atoms with van der Waals surface area (Å²) in [4.78, 5) is 12.9. The molecule has 2 aliphatic rings. The molecule has 8 heteroatoms. The monoisotopic (exact) mass is 437 g/mol. The Balaban J connectivity index is 1.45. The fourth-order valence-electron chi connectivity index (χ4n) is 4.28. The fourth-order valence-corrected chi connectivity index (χ4v) is 4.28. The molecule has 2 fully saturated rings. The number of ether oxygens (including phenoxy) is 1. The normalized spacial score (nSPS) is 23.3. The molecule has 8 nitrogen and oxygen atoms in total. The number of nitrogens with zero attached hydrogens (tertiary/aromatic N) is 3. The molecule has 1 aromatic carbocycles. The Morgan fingerprint density at radius 3 is 2.72 bits per heavy atom. The maximum absolute atomic E-state index is 12.9. The molecule has 2 aromatic heterocycles. The summed E-state index contributed by atoms with van der Waals surface area (Å²) in [6.45, 7) is 3.62. The number of aryl methyl sites for hydroxylation is 1. The Labute approximate surface area is 186 Å². The maximum atomic E-state index is 12.9. The third-order valence-corrected chi connectivity index (χ3v) is 6.48. The average molecular weight is 438 g/mol. The zero-order valence-electron chi connectivity index (χ0n) is 18.4. The Hall–Kier alpha value is -3.13. The fraction of sp³-hybridized carbons (Fsp3) is 0.458. The number of benzene rings is 1. The van der Waals surface area contributed by atoms with Crippen molar-refractivity contribution in [2.24, 2.45) is 0 Å². The highest BCUT2D eigenvalue weighted by Crippen LogP contribution is 2.38. The first-order chi connectivity index (χ1) is 15.3. The van der Waals surface area contributed by atoms with Gasteiger partial charge in [0.25, 0.3) is 0 Å². The SMILES string of the molecule is Cc1cccc(C(=O)Nc2cc3cn(C4CCC(C)(O)CC4)nc3cc2OC2CC2)[n+]1O. The van der Waals surface area contributed by atoms with Gasteiger partial charge in [-0.3, -0.25) is 14.7 Å². The number of amides is 1. The Morgan fingerprint density at radius 1 is 1.25 bits per heavy atom. The van der Waals surface area contributed by atoms with Gasteiger partial charge in [0.1, 0.15) is 5.75 Å². The predicted molar refractivity (Wildman–Crippen MR) is 118 cm³/mol. The standard InChI is InChI=1S/C24H28N4O4/c1-15-4-3-5-21(28(15)31)23(29)25-20-12-16-14-27(17-8-10-24(2,30)11-9-17)26-19(16)13-22(20)32-18-6-7-18/h3-5,12-14,17-18,30H,6-11H2,1-2H3,(H-,25,29,31)/p+1. The Morgan fingerprint density at radius 2 is 2.00 bits per heavy atom. The van der Waals surface area contributed by atoms with Gasteiger partial charge < -0.3 is 15.2 Å². The van der Waals surface area contributed by atoms with E-state index in [0.717, 1.165) is 54.2 Å². The van der Waals surface area contributed by atoms with Crippen molar-refractivity contribution >= 4 is 22.5 Å². The number of aliphatic hydroxyl groups is 1. The zero-order chi connectivity index (χ0) is 22.5. The number of aromatic nitrogens is 3. The van der Waals surface area contributed by atoms with Crippen LogP contribution in [-0.2, 0) is 0 Å². The molecule has 0 saturated heterocycles. The van der Waals surface area contributed by atoms with Gasteiger partial charge in [-0.05, 0) is 57.6 Å². The van der Waals surface area contributed by atoms with Crippen LogP contribution < -0.4 is 14.8 Å². The summed E-state index contributed by atoms with van der Waals surface area (Å²) >= 11 is 0. The van der Waals surface area contributed by atoms with Crippen molar-refractivity contribution in [2.75, 3.05) is 5.32 Å². The number of carbonyl (C=O) groups is 1. The van der Waals surface area contributed by atoms with E-state index in [0.29, 0.717) is 17.1 Å². The molecule has 0 spiro atoms. The molecular weight excluding hydrogens is 408 g/mol. The van der Waals surface area contributed by atoms with Crippen molar-refractivity contribution in [3.8, 4) is 5.75 Å². The Bertz CT molecular complexity index is 1170. The van der Waals surface area contributed by atoms with E-state index in [1.54, 1.807) is 25.1 Å². The lowest BCUT2D eigenvalue weighted by Crippen LogP contribution is -2.42. The van der Waals surface area contributed by atoms with Crippen LogP contribution in [0.1, 0.15) is 67.7 Å². The van der Waals surface area contributed by atoms with Gasteiger partial charge in [0, 0.05) is 41.4 Å². The van der Waals surface area contributed by atoms with Crippen molar-refractivity contribution in [3.63, 3.8) is 0 Å². The molecule has 0 atom stereocenters. The molecule has 0 aliphatic heterocycles. The Kier molecular flexibility index (Phi) is 5.04. The average Bonchev–Trinajstić information content (AvgIpc) is 3.47.